The third kappa shape index (κ3) is 6.45. The first kappa shape index (κ1) is 29.9. The van der Waals surface area contributed by atoms with Crippen molar-refractivity contribution in [2.24, 2.45) is 0 Å². The Labute approximate surface area is 254 Å². The number of aliphatic hydroxyl groups is 1. The molecule has 1 saturated heterocycles. The highest BCUT2D eigenvalue weighted by atomic mass is 32.2. The summed E-state index contributed by atoms with van der Waals surface area (Å²) in [5.74, 6) is -1.91. The molecular weight excluding hydrogens is 596 g/mol. The Balaban J connectivity index is 1.57. The van der Waals surface area contributed by atoms with E-state index in [9.17, 15) is 23.5 Å². The average molecular weight is 622 g/mol. The van der Waals surface area contributed by atoms with Crippen molar-refractivity contribution in [3.63, 3.8) is 0 Å². The highest BCUT2D eigenvalue weighted by Crippen LogP contribution is 2.45. The van der Waals surface area contributed by atoms with Crippen molar-refractivity contribution in [2.75, 3.05) is 18.1 Å². The van der Waals surface area contributed by atoms with E-state index in [0.717, 1.165) is 29.0 Å². The van der Waals surface area contributed by atoms with Gasteiger partial charge in [-0.1, -0.05) is 54.0 Å². The first-order valence-corrected chi connectivity index (χ1v) is 14.9. The molecule has 1 aliphatic heterocycles. The molecule has 0 radical (unpaired) electrons. The molecule has 1 atom stereocenters. The van der Waals surface area contributed by atoms with Crippen LogP contribution in [0, 0.1) is 11.6 Å². The van der Waals surface area contributed by atoms with E-state index in [1.54, 1.807) is 43.3 Å². The zero-order valence-corrected chi connectivity index (χ0v) is 24.5. The number of hydrogen-bond donors (Lipinski definition) is 1. The Morgan fingerprint density at radius 1 is 1.02 bits per heavy atom. The number of hydrogen-bond acceptors (Lipinski definition) is 9. The summed E-state index contributed by atoms with van der Waals surface area (Å²) in [5, 5.41) is 19.8. The number of halogens is 2. The highest BCUT2D eigenvalue weighted by Gasteiger charge is 2.48. The number of ether oxygens (including phenoxy) is 2. The largest absolute Gasteiger partial charge is 0.507 e. The number of thioether (sulfide) groups is 1. The van der Waals surface area contributed by atoms with E-state index >= 15 is 0 Å². The van der Waals surface area contributed by atoms with Crippen LogP contribution < -0.4 is 14.4 Å². The topological polar surface area (TPSA) is 102 Å². The van der Waals surface area contributed by atoms with Gasteiger partial charge in [-0.05, 0) is 66.6 Å². The number of ketones is 1. The number of Topliss-reactive ketones (excluding diaryl/α,β-unsaturated/α-hetero) is 1. The summed E-state index contributed by atoms with van der Waals surface area (Å²) in [6, 6.07) is 14.8. The van der Waals surface area contributed by atoms with Crippen LogP contribution in [0.1, 0.15) is 29.7 Å². The van der Waals surface area contributed by atoms with Gasteiger partial charge in [0, 0.05) is 11.3 Å². The molecule has 0 aliphatic carbocycles. The first-order chi connectivity index (χ1) is 20.8. The second-order valence-electron chi connectivity index (χ2n) is 9.18. The normalized spacial score (nSPS) is 16.0. The van der Waals surface area contributed by atoms with Gasteiger partial charge >= 0.3 is 5.91 Å². The van der Waals surface area contributed by atoms with Crippen LogP contribution in [0.5, 0.6) is 11.5 Å². The molecule has 1 aromatic heterocycles. The maximum absolute atomic E-state index is 13.6. The van der Waals surface area contributed by atoms with Gasteiger partial charge in [0.2, 0.25) is 5.13 Å². The number of carbonyl (C=O) groups excluding carboxylic acids is 2. The molecule has 0 spiro atoms. The highest BCUT2D eigenvalue weighted by molar-refractivity contribution is 8.00. The summed E-state index contributed by atoms with van der Waals surface area (Å²) in [6.45, 7) is 6.00. The Hall–Kier alpha value is -4.55. The summed E-state index contributed by atoms with van der Waals surface area (Å²) >= 11 is 2.44. The molecule has 0 bridgehead atoms. The van der Waals surface area contributed by atoms with Gasteiger partial charge in [0.25, 0.3) is 5.78 Å². The van der Waals surface area contributed by atoms with Crippen molar-refractivity contribution in [3.05, 3.63) is 113 Å². The molecule has 220 valence electrons. The second-order valence-corrected chi connectivity index (χ2v) is 11.4. The Morgan fingerprint density at radius 2 is 1.72 bits per heavy atom. The van der Waals surface area contributed by atoms with Gasteiger partial charge in [-0.2, -0.15) is 0 Å². The van der Waals surface area contributed by atoms with Crippen LogP contribution >= 0.6 is 23.1 Å². The number of aromatic nitrogens is 2. The minimum absolute atomic E-state index is 0.136. The predicted molar refractivity (Wildman–Crippen MR) is 160 cm³/mol. The zero-order chi connectivity index (χ0) is 30.5. The second kappa shape index (κ2) is 13.2. The van der Waals surface area contributed by atoms with Crippen molar-refractivity contribution >= 4 is 45.7 Å². The molecule has 1 unspecified atom stereocenters. The number of aliphatic hydroxyl groups excluding tert-OH is 1. The Bertz CT molecular complexity index is 1690. The minimum atomic E-state index is -1.11. The van der Waals surface area contributed by atoms with E-state index < -0.39 is 29.3 Å². The molecule has 4 aromatic rings. The van der Waals surface area contributed by atoms with Gasteiger partial charge in [-0.3, -0.25) is 14.5 Å². The lowest BCUT2D eigenvalue weighted by molar-refractivity contribution is -0.132. The van der Waals surface area contributed by atoms with E-state index in [2.05, 4.69) is 16.8 Å². The molecule has 3 aromatic carbocycles. The minimum Gasteiger partial charge on any atom is -0.507 e. The van der Waals surface area contributed by atoms with Crippen LogP contribution in [0.15, 0.2) is 89.3 Å². The Morgan fingerprint density at radius 3 is 2.40 bits per heavy atom. The Kier molecular flexibility index (Phi) is 9.17. The number of anilines is 1. The molecule has 1 amide bonds. The lowest BCUT2D eigenvalue weighted by Crippen LogP contribution is -2.29. The molecule has 1 aliphatic rings. The third-order valence-corrected chi connectivity index (χ3v) is 8.51. The monoisotopic (exact) mass is 621 g/mol. The van der Waals surface area contributed by atoms with Gasteiger partial charge in [-0.15, -0.1) is 10.2 Å². The summed E-state index contributed by atoms with van der Waals surface area (Å²) in [4.78, 5) is 28.2. The molecule has 0 saturated carbocycles. The van der Waals surface area contributed by atoms with Gasteiger partial charge in [0.05, 0.1) is 18.2 Å². The van der Waals surface area contributed by atoms with Crippen LogP contribution in [0.4, 0.5) is 13.9 Å². The van der Waals surface area contributed by atoms with Crippen LogP contribution in [0.25, 0.3) is 5.76 Å². The number of nitrogens with zero attached hydrogens (tertiary/aromatic N) is 3. The maximum atomic E-state index is 13.6. The average Bonchev–Trinajstić information content (AvgIpc) is 3.58. The molecule has 12 heteroatoms. The maximum Gasteiger partial charge on any atom is 0.301 e. The fourth-order valence-corrected chi connectivity index (χ4v) is 6.25. The summed E-state index contributed by atoms with van der Waals surface area (Å²) in [6.07, 6.45) is 1.59. The fraction of sp³-hybridized carbons (Fsp3) is 0.161. The van der Waals surface area contributed by atoms with Crippen molar-refractivity contribution in [2.45, 2.75) is 23.1 Å². The quantitative estimate of drug-likeness (QED) is 0.0493. The summed E-state index contributed by atoms with van der Waals surface area (Å²) in [7, 11) is 0. The number of benzene rings is 3. The van der Waals surface area contributed by atoms with E-state index in [4.69, 9.17) is 9.47 Å². The van der Waals surface area contributed by atoms with Crippen molar-refractivity contribution in [3.8, 4) is 11.5 Å². The summed E-state index contributed by atoms with van der Waals surface area (Å²) < 4.78 is 38.9. The van der Waals surface area contributed by atoms with E-state index in [0.29, 0.717) is 33.8 Å². The van der Waals surface area contributed by atoms with Crippen LogP contribution in [0.2, 0.25) is 0 Å². The van der Waals surface area contributed by atoms with Crippen molar-refractivity contribution in [1.29, 1.82) is 0 Å². The molecule has 1 fully saturated rings. The van der Waals surface area contributed by atoms with E-state index in [-0.39, 0.29) is 28.7 Å². The van der Waals surface area contributed by atoms with Gasteiger partial charge in [0.1, 0.15) is 24.0 Å². The van der Waals surface area contributed by atoms with Gasteiger partial charge < -0.3 is 14.6 Å². The fourth-order valence-electron chi connectivity index (χ4n) is 4.42. The summed E-state index contributed by atoms with van der Waals surface area (Å²) in [5.41, 5.74) is 1.26. The number of rotatable bonds is 11. The molecule has 43 heavy (non-hydrogen) atoms. The van der Waals surface area contributed by atoms with Crippen LogP contribution in [0.3, 0.4) is 0 Å². The van der Waals surface area contributed by atoms with E-state index in [1.807, 2.05) is 0 Å². The smallest absolute Gasteiger partial charge is 0.301 e. The number of carbonyl (C=O) groups is 2. The lowest BCUT2D eigenvalue weighted by Gasteiger charge is -2.23. The molecular formula is C31H25F2N3O5S2. The third-order valence-electron chi connectivity index (χ3n) is 6.38. The predicted octanol–water partition coefficient (Wildman–Crippen LogP) is 6.70. The van der Waals surface area contributed by atoms with Crippen molar-refractivity contribution < 1.29 is 33.0 Å². The van der Waals surface area contributed by atoms with Gasteiger partial charge in [0.15, 0.2) is 15.8 Å². The SMILES string of the molecule is C=CCOc1ccc(C2C(=C(O)c3ccc(F)cc3)C(=O)C(=O)N2c2nnc(SCc3ccc(F)cc3)s2)cc1OCC. The first-order valence-electron chi connectivity index (χ1n) is 13.1. The molecule has 5 rings (SSSR count). The van der Waals surface area contributed by atoms with Crippen LogP contribution in [-0.2, 0) is 15.3 Å². The molecule has 1 N–H and O–H groups in total. The van der Waals surface area contributed by atoms with Crippen LogP contribution in [-0.4, -0.2) is 40.2 Å². The lowest BCUT2D eigenvalue weighted by atomic mass is 9.95. The number of amides is 1. The van der Waals surface area contributed by atoms with Crippen molar-refractivity contribution in [1.82, 2.24) is 10.2 Å². The standard InChI is InChI=1S/C31H25F2N3O5S2/c1-3-15-41-23-14-9-20(16-24(23)40-4-2)26-25(27(37)19-7-12-22(33)13-8-19)28(38)29(39)36(26)30-34-35-31(43-30)42-17-18-5-10-21(32)11-6-18/h3,5-14,16,26,37H,1,4,15,17H2,2H3. The molecule has 8 nitrogen and oxygen atoms in total. The zero-order valence-electron chi connectivity index (χ0n) is 22.8. The molecule has 2 heterocycles. The van der Waals surface area contributed by atoms with Gasteiger partial charge in [-0.25, -0.2) is 8.78 Å². The van der Waals surface area contributed by atoms with E-state index in [1.165, 1.54) is 40.9 Å².